The van der Waals surface area contributed by atoms with Crippen LogP contribution in [0.2, 0.25) is 0 Å². The molecule has 0 aliphatic rings. The number of rotatable bonds is 6. The number of hydrogen-bond acceptors (Lipinski definition) is 5. The van der Waals surface area contributed by atoms with Crippen molar-refractivity contribution in [2.75, 3.05) is 19.5 Å². The smallest absolute Gasteiger partial charge is 0.258 e. The van der Waals surface area contributed by atoms with Gasteiger partial charge in [0, 0.05) is 29.7 Å². The van der Waals surface area contributed by atoms with E-state index >= 15 is 0 Å². The van der Waals surface area contributed by atoms with Crippen LogP contribution in [0.4, 0.5) is 5.69 Å². The summed E-state index contributed by atoms with van der Waals surface area (Å²) in [6, 6.07) is 18.2. The molecule has 3 aromatic rings. The first-order valence-electron chi connectivity index (χ1n) is 8.98. The van der Waals surface area contributed by atoms with Gasteiger partial charge in [-0.2, -0.15) is 0 Å². The van der Waals surface area contributed by atoms with Crippen molar-refractivity contribution in [3.63, 3.8) is 0 Å². The number of guanidine groups is 1. The second-order valence-corrected chi connectivity index (χ2v) is 6.07. The highest BCUT2D eigenvalue weighted by atomic mass is 16.5. The van der Waals surface area contributed by atoms with E-state index in [0.717, 1.165) is 11.3 Å². The van der Waals surface area contributed by atoms with Gasteiger partial charge >= 0.3 is 0 Å². The molecule has 1 amide bonds. The van der Waals surface area contributed by atoms with Gasteiger partial charge in [-0.15, -0.1) is 0 Å². The predicted octanol–water partition coefficient (Wildman–Crippen LogP) is 3.50. The highest BCUT2D eigenvalue weighted by Crippen LogP contribution is 2.22. The van der Waals surface area contributed by atoms with Crippen LogP contribution in [-0.4, -0.2) is 31.1 Å². The third kappa shape index (κ3) is 5.80. The number of benzene rings is 2. The van der Waals surface area contributed by atoms with Gasteiger partial charge in [-0.1, -0.05) is 18.2 Å². The Kier molecular flexibility index (Phi) is 6.78. The number of nitrogens with zero attached hydrogens (tertiary/aromatic N) is 2. The molecule has 0 atom stereocenters. The highest BCUT2D eigenvalue weighted by Gasteiger charge is 2.12. The van der Waals surface area contributed by atoms with Gasteiger partial charge in [-0.3, -0.25) is 15.1 Å². The van der Waals surface area contributed by atoms with Gasteiger partial charge in [0.15, 0.2) is 0 Å². The van der Waals surface area contributed by atoms with Crippen molar-refractivity contribution in [3.8, 4) is 11.5 Å². The molecule has 0 saturated carbocycles. The quantitative estimate of drug-likeness (QED) is 0.497. The zero-order valence-electron chi connectivity index (χ0n) is 16.3. The second-order valence-electron chi connectivity index (χ2n) is 6.07. The van der Waals surface area contributed by atoms with Crippen LogP contribution in [-0.2, 0) is 6.54 Å². The van der Waals surface area contributed by atoms with Crippen molar-refractivity contribution < 1.29 is 14.3 Å². The number of hydrogen-bond donors (Lipinski definition) is 2. The van der Waals surface area contributed by atoms with Crippen molar-refractivity contribution >= 4 is 17.6 Å². The fourth-order valence-corrected chi connectivity index (χ4v) is 2.55. The Morgan fingerprint density at radius 3 is 2.24 bits per heavy atom. The number of carbonyl (C=O) groups excluding carboxylic acids is 1. The molecule has 0 aliphatic heterocycles. The molecule has 0 bridgehead atoms. The number of aliphatic imine (C=N–C) groups is 1. The van der Waals surface area contributed by atoms with E-state index < -0.39 is 0 Å². The molecule has 0 fully saturated rings. The summed E-state index contributed by atoms with van der Waals surface area (Å²) >= 11 is 0. The van der Waals surface area contributed by atoms with Gasteiger partial charge in [-0.25, -0.2) is 4.99 Å². The molecule has 0 spiro atoms. The maximum absolute atomic E-state index is 12.8. The molecule has 2 N–H and O–H groups in total. The first-order chi connectivity index (χ1) is 14.2. The van der Waals surface area contributed by atoms with Crippen molar-refractivity contribution in [3.05, 3.63) is 84.2 Å². The summed E-state index contributed by atoms with van der Waals surface area (Å²) < 4.78 is 10.5. The van der Waals surface area contributed by atoms with Crippen LogP contribution in [0, 0.1) is 0 Å². The lowest BCUT2D eigenvalue weighted by molar-refractivity contribution is 0.0976. The third-order valence-corrected chi connectivity index (χ3v) is 4.05. The maximum atomic E-state index is 12.8. The van der Waals surface area contributed by atoms with E-state index in [1.807, 2.05) is 42.5 Å². The Labute approximate surface area is 169 Å². The zero-order valence-corrected chi connectivity index (χ0v) is 16.3. The van der Waals surface area contributed by atoms with E-state index in [0.29, 0.717) is 29.6 Å². The van der Waals surface area contributed by atoms with Gasteiger partial charge in [0.1, 0.15) is 11.5 Å². The normalized spacial score (nSPS) is 10.9. The predicted molar refractivity (Wildman–Crippen MR) is 112 cm³/mol. The largest absolute Gasteiger partial charge is 0.497 e. The van der Waals surface area contributed by atoms with E-state index in [1.54, 1.807) is 30.6 Å². The van der Waals surface area contributed by atoms with Crippen LogP contribution in [0.15, 0.2) is 78.0 Å². The summed E-state index contributed by atoms with van der Waals surface area (Å²) in [5.74, 6) is 1.06. The lowest BCUT2D eigenvalue weighted by Crippen LogP contribution is -2.36. The van der Waals surface area contributed by atoms with Crippen LogP contribution in [0.25, 0.3) is 0 Å². The van der Waals surface area contributed by atoms with Crippen LogP contribution < -0.4 is 20.1 Å². The lowest BCUT2D eigenvalue weighted by atomic mass is 10.2. The van der Waals surface area contributed by atoms with Crippen LogP contribution in [0.3, 0.4) is 0 Å². The molecule has 0 unspecified atom stereocenters. The monoisotopic (exact) mass is 390 g/mol. The standard InChI is InChI=1S/C22H22N4O3/c1-28-19-12-17(13-20(14-19)29-2)21(27)26-22(25-18-6-4-3-5-7-18)24-15-16-8-10-23-11-9-16/h3-14H,15H2,1-2H3,(H2,24,25,26,27). The molecule has 7 nitrogen and oxygen atoms in total. The van der Waals surface area contributed by atoms with Crippen molar-refractivity contribution in [2.24, 2.45) is 4.99 Å². The summed E-state index contributed by atoms with van der Waals surface area (Å²) in [4.78, 5) is 21.4. The fourth-order valence-electron chi connectivity index (χ4n) is 2.55. The Bertz CT molecular complexity index is 954. The molecular weight excluding hydrogens is 368 g/mol. The van der Waals surface area contributed by atoms with Crippen LogP contribution in [0.5, 0.6) is 11.5 Å². The summed E-state index contributed by atoms with van der Waals surface area (Å²) in [5, 5.41) is 5.97. The number of nitrogens with one attached hydrogen (secondary N) is 2. The van der Waals surface area contributed by atoms with E-state index in [-0.39, 0.29) is 5.91 Å². The molecule has 1 heterocycles. The Hall–Kier alpha value is -3.87. The Morgan fingerprint density at radius 2 is 1.62 bits per heavy atom. The fraction of sp³-hybridized carbons (Fsp3) is 0.136. The molecule has 1 aromatic heterocycles. The number of ether oxygens (including phenoxy) is 2. The SMILES string of the molecule is COc1cc(OC)cc(C(=O)NC(=NCc2ccncc2)Nc2ccccc2)c1. The first-order valence-corrected chi connectivity index (χ1v) is 8.98. The number of anilines is 1. The maximum Gasteiger partial charge on any atom is 0.258 e. The summed E-state index contributed by atoms with van der Waals surface area (Å²) in [5.41, 5.74) is 2.18. The van der Waals surface area contributed by atoms with Crippen molar-refractivity contribution in [2.45, 2.75) is 6.54 Å². The zero-order chi connectivity index (χ0) is 20.5. The third-order valence-electron chi connectivity index (χ3n) is 4.05. The minimum atomic E-state index is -0.334. The van der Waals surface area contributed by atoms with Gasteiger partial charge in [0.05, 0.1) is 20.8 Å². The first kappa shape index (κ1) is 19.9. The van der Waals surface area contributed by atoms with E-state index in [1.165, 1.54) is 14.2 Å². The molecule has 0 saturated heterocycles. The van der Waals surface area contributed by atoms with Gasteiger partial charge in [-0.05, 0) is 42.0 Å². The van der Waals surface area contributed by atoms with Gasteiger partial charge < -0.3 is 14.8 Å². The number of aromatic nitrogens is 1. The molecule has 148 valence electrons. The second kappa shape index (κ2) is 9.89. The molecule has 0 aliphatic carbocycles. The highest BCUT2D eigenvalue weighted by molar-refractivity contribution is 6.10. The van der Waals surface area contributed by atoms with E-state index in [4.69, 9.17) is 9.47 Å². The minimum Gasteiger partial charge on any atom is -0.497 e. The topological polar surface area (TPSA) is 84.8 Å². The average Bonchev–Trinajstić information content (AvgIpc) is 2.78. The average molecular weight is 390 g/mol. The number of para-hydroxylation sites is 1. The molecule has 7 heteroatoms. The van der Waals surface area contributed by atoms with Crippen molar-refractivity contribution in [1.82, 2.24) is 10.3 Å². The molecule has 2 aromatic carbocycles. The van der Waals surface area contributed by atoms with Crippen LogP contribution in [0.1, 0.15) is 15.9 Å². The summed E-state index contributed by atoms with van der Waals surface area (Å²) in [6.45, 7) is 0.388. The van der Waals surface area contributed by atoms with Gasteiger partial charge in [0.2, 0.25) is 5.96 Å². The van der Waals surface area contributed by atoms with Crippen LogP contribution >= 0.6 is 0 Å². The summed E-state index contributed by atoms with van der Waals surface area (Å²) in [7, 11) is 3.07. The Morgan fingerprint density at radius 1 is 0.966 bits per heavy atom. The minimum absolute atomic E-state index is 0.333. The number of amides is 1. The lowest BCUT2D eigenvalue weighted by Gasteiger charge is -2.13. The van der Waals surface area contributed by atoms with E-state index in [2.05, 4.69) is 20.6 Å². The van der Waals surface area contributed by atoms with Crippen molar-refractivity contribution in [1.29, 1.82) is 0 Å². The molecule has 3 rings (SSSR count). The Balaban J connectivity index is 1.82. The molecule has 0 radical (unpaired) electrons. The number of pyridine rings is 1. The van der Waals surface area contributed by atoms with E-state index in [9.17, 15) is 4.79 Å². The number of carbonyl (C=O) groups is 1. The summed E-state index contributed by atoms with van der Waals surface area (Å²) in [6.07, 6.45) is 3.41. The molecular formula is C22H22N4O3. The van der Waals surface area contributed by atoms with Gasteiger partial charge in [0.25, 0.3) is 5.91 Å². The number of methoxy groups -OCH3 is 2. The molecule has 29 heavy (non-hydrogen) atoms.